The van der Waals surface area contributed by atoms with Gasteiger partial charge in [-0.25, -0.2) is 0 Å². The zero-order valence-electron chi connectivity index (χ0n) is 11.7. The molecule has 0 amide bonds. The SMILES string of the molecule is CC(=O)C(O)(c1cccnc1)C(C)c1cccc(Cl)c1Cl. The van der Waals surface area contributed by atoms with E-state index in [0.717, 1.165) is 0 Å². The van der Waals surface area contributed by atoms with E-state index < -0.39 is 11.5 Å². The van der Waals surface area contributed by atoms with Crippen LogP contribution in [0.2, 0.25) is 10.0 Å². The van der Waals surface area contributed by atoms with Crippen molar-refractivity contribution in [2.45, 2.75) is 25.4 Å². The Bertz CT molecular complexity index is 661. The van der Waals surface area contributed by atoms with E-state index in [0.29, 0.717) is 21.2 Å². The number of ketones is 1. The summed E-state index contributed by atoms with van der Waals surface area (Å²) in [6.07, 6.45) is 3.07. The summed E-state index contributed by atoms with van der Waals surface area (Å²) in [5.41, 5.74) is -0.658. The van der Waals surface area contributed by atoms with E-state index in [1.165, 1.54) is 13.1 Å². The van der Waals surface area contributed by atoms with E-state index >= 15 is 0 Å². The Hall–Kier alpha value is -1.42. The van der Waals surface area contributed by atoms with Crippen molar-refractivity contribution in [2.75, 3.05) is 0 Å². The van der Waals surface area contributed by atoms with Gasteiger partial charge in [-0.3, -0.25) is 9.78 Å². The molecule has 0 aliphatic heterocycles. The number of carbonyl (C=O) groups is 1. The summed E-state index contributed by atoms with van der Waals surface area (Å²) in [5.74, 6) is -0.940. The number of rotatable bonds is 4. The van der Waals surface area contributed by atoms with Crippen LogP contribution in [0.5, 0.6) is 0 Å². The van der Waals surface area contributed by atoms with E-state index in [9.17, 15) is 9.90 Å². The molecule has 0 bridgehead atoms. The predicted octanol–water partition coefficient (Wildman–Crippen LogP) is 3.97. The van der Waals surface area contributed by atoms with Crippen LogP contribution in [-0.2, 0) is 10.4 Å². The van der Waals surface area contributed by atoms with Gasteiger partial charge < -0.3 is 5.11 Å². The van der Waals surface area contributed by atoms with Gasteiger partial charge in [-0.1, -0.05) is 48.3 Å². The fourth-order valence-electron chi connectivity index (χ4n) is 2.43. The lowest BCUT2D eigenvalue weighted by atomic mass is 9.76. The number of halogens is 2. The van der Waals surface area contributed by atoms with Crippen molar-refractivity contribution in [3.63, 3.8) is 0 Å². The predicted molar refractivity (Wildman–Crippen MR) is 83.7 cm³/mol. The van der Waals surface area contributed by atoms with Gasteiger partial charge >= 0.3 is 0 Å². The molecular formula is C16H15Cl2NO2. The van der Waals surface area contributed by atoms with E-state index in [2.05, 4.69) is 4.98 Å². The summed E-state index contributed by atoms with van der Waals surface area (Å²) in [4.78, 5) is 16.1. The average molecular weight is 324 g/mol. The molecule has 21 heavy (non-hydrogen) atoms. The number of carbonyl (C=O) groups excluding carboxylic acids is 1. The molecule has 2 atom stereocenters. The number of nitrogens with zero attached hydrogens (tertiary/aromatic N) is 1. The van der Waals surface area contributed by atoms with Crippen molar-refractivity contribution < 1.29 is 9.90 Å². The van der Waals surface area contributed by atoms with Crippen LogP contribution >= 0.6 is 23.2 Å². The summed E-state index contributed by atoms with van der Waals surface area (Å²) in [7, 11) is 0. The third-order valence-electron chi connectivity index (χ3n) is 3.71. The van der Waals surface area contributed by atoms with Crippen LogP contribution in [0.1, 0.15) is 30.9 Å². The lowest BCUT2D eigenvalue weighted by Gasteiger charge is -2.33. The van der Waals surface area contributed by atoms with Gasteiger partial charge in [0.1, 0.15) is 0 Å². The number of benzene rings is 1. The molecule has 2 rings (SSSR count). The highest BCUT2D eigenvalue weighted by Crippen LogP contribution is 2.41. The smallest absolute Gasteiger partial charge is 0.166 e. The first-order valence-electron chi connectivity index (χ1n) is 6.46. The quantitative estimate of drug-likeness (QED) is 0.926. The summed E-state index contributed by atoms with van der Waals surface area (Å²) >= 11 is 12.2. The normalized spacial score (nSPS) is 15.3. The zero-order valence-corrected chi connectivity index (χ0v) is 13.2. The zero-order chi connectivity index (χ0) is 15.6. The largest absolute Gasteiger partial charge is 0.377 e. The van der Waals surface area contributed by atoms with E-state index in [1.807, 2.05) is 0 Å². The van der Waals surface area contributed by atoms with Crippen LogP contribution in [0.4, 0.5) is 0 Å². The molecule has 110 valence electrons. The average Bonchev–Trinajstić information content (AvgIpc) is 2.49. The van der Waals surface area contributed by atoms with Gasteiger partial charge in [0.15, 0.2) is 11.4 Å². The Labute approximate surface area is 133 Å². The molecule has 2 unspecified atom stereocenters. The standard InChI is InChI=1S/C16H15Cl2NO2/c1-10(13-6-3-7-14(17)15(13)18)16(21,11(2)20)12-5-4-8-19-9-12/h3-10,21H,1-2H3. The molecule has 0 aliphatic carbocycles. The molecule has 0 fully saturated rings. The Morgan fingerprint density at radius 3 is 2.57 bits per heavy atom. The van der Waals surface area contributed by atoms with Gasteiger partial charge in [-0.05, 0) is 24.6 Å². The van der Waals surface area contributed by atoms with Gasteiger partial charge in [-0.15, -0.1) is 0 Å². The highest BCUT2D eigenvalue weighted by Gasteiger charge is 2.42. The number of hydrogen-bond donors (Lipinski definition) is 1. The van der Waals surface area contributed by atoms with Gasteiger partial charge in [0.25, 0.3) is 0 Å². The number of aliphatic hydroxyl groups is 1. The van der Waals surface area contributed by atoms with E-state index in [-0.39, 0.29) is 5.78 Å². The topological polar surface area (TPSA) is 50.2 Å². The molecule has 1 aromatic carbocycles. The van der Waals surface area contributed by atoms with Crippen molar-refractivity contribution in [3.8, 4) is 0 Å². The lowest BCUT2D eigenvalue weighted by Crippen LogP contribution is -2.39. The summed E-state index contributed by atoms with van der Waals surface area (Å²) < 4.78 is 0. The second-order valence-corrected chi connectivity index (χ2v) is 5.71. The van der Waals surface area contributed by atoms with Crippen LogP contribution in [0.15, 0.2) is 42.7 Å². The number of pyridine rings is 1. The molecule has 1 heterocycles. The molecule has 0 saturated carbocycles. The molecule has 3 nitrogen and oxygen atoms in total. The summed E-state index contributed by atoms with van der Waals surface area (Å²) in [6.45, 7) is 3.09. The molecule has 0 aliphatic rings. The minimum Gasteiger partial charge on any atom is -0.377 e. The summed E-state index contributed by atoms with van der Waals surface area (Å²) in [5, 5.41) is 11.7. The molecule has 0 saturated heterocycles. The van der Waals surface area contributed by atoms with Crippen molar-refractivity contribution in [2.24, 2.45) is 0 Å². The maximum Gasteiger partial charge on any atom is 0.166 e. The third kappa shape index (κ3) is 2.82. The highest BCUT2D eigenvalue weighted by atomic mass is 35.5. The molecule has 0 spiro atoms. The van der Waals surface area contributed by atoms with Gasteiger partial charge in [0, 0.05) is 23.9 Å². The van der Waals surface area contributed by atoms with Crippen LogP contribution in [0.3, 0.4) is 0 Å². The molecule has 1 N–H and O–H groups in total. The van der Waals surface area contributed by atoms with Gasteiger partial charge in [-0.2, -0.15) is 0 Å². The van der Waals surface area contributed by atoms with Crippen molar-refractivity contribution in [1.82, 2.24) is 4.98 Å². The van der Waals surface area contributed by atoms with Crippen molar-refractivity contribution in [1.29, 1.82) is 0 Å². The number of Topliss-reactive ketones (excluding diaryl/α,β-unsaturated/α-hetero) is 1. The fourth-order valence-corrected chi connectivity index (χ4v) is 2.90. The van der Waals surface area contributed by atoms with E-state index in [4.69, 9.17) is 23.2 Å². The third-order valence-corrected chi connectivity index (χ3v) is 4.55. The van der Waals surface area contributed by atoms with Gasteiger partial charge in [0.2, 0.25) is 0 Å². The van der Waals surface area contributed by atoms with Crippen LogP contribution in [0, 0.1) is 0 Å². The second-order valence-electron chi connectivity index (χ2n) is 4.93. The Morgan fingerprint density at radius 2 is 2.00 bits per heavy atom. The Morgan fingerprint density at radius 1 is 1.29 bits per heavy atom. The number of hydrogen-bond acceptors (Lipinski definition) is 3. The molecule has 5 heteroatoms. The molecule has 2 aromatic rings. The monoisotopic (exact) mass is 323 g/mol. The van der Waals surface area contributed by atoms with Gasteiger partial charge in [0.05, 0.1) is 10.0 Å². The maximum absolute atomic E-state index is 12.1. The maximum atomic E-state index is 12.1. The first-order chi connectivity index (χ1) is 9.89. The first-order valence-corrected chi connectivity index (χ1v) is 7.22. The fraction of sp³-hybridized carbons (Fsp3) is 0.250. The molecular weight excluding hydrogens is 309 g/mol. The van der Waals surface area contributed by atoms with Crippen molar-refractivity contribution in [3.05, 3.63) is 63.9 Å². The van der Waals surface area contributed by atoms with Crippen LogP contribution in [-0.4, -0.2) is 15.9 Å². The van der Waals surface area contributed by atoms with Crippen LogP contribution < -0.4 is 0 Å². The molecule has 0 radical (unpaired) electrons. The second kappa shape index (κ2) is 6.14. The number of aromatic nitrogens is 1. The minimum atomic E-state index is -1.71. The first kappa shape index (κ1) is 16.0. The van der Waals surface area contributed by atoms with Crippen LogP contribution in [0.25, 0.3) is 0 Å². The highest BCUT2D eigenvalue weighted by molar-refractivity contribution is 6.42. The summed E-state index contributed by atoms with van der Waals surface area (Å²) in [6, 6.07) is 8.50. The molecule has 1 aromatic heterocycles. The van der Waals surface area contributed by atoms with Crippen molar-refractivity contribution >= 4 is 29.0 Å². The van der Waals surface area contributed by atoms with E-state index in [1.54, 1.807) is 43.5 Å². The minimum absolute atomic E-state index is 0.343. The Balaban J connectivity index is 2.58. The lowest BCUT2D eigenvalue weighted by molar-refractivity contribution is -0.138. The Kier molecular flexibility index (Phi) is 4.67.